The molecule has 4 nitrogen and oxygen atoms in total. The molecule has 4 rings (SSSR count). The van der Waals surface area contributed by atoms with Crippen LogP contribution in [0.4, 0.5) is 0 Å². The summed E-state index contributed by atoms with van der Waals surface area (Å²) in [7, 11) is 0. The number of aromatic nitrogens is 2. The van der Waals surface area contributed by atoms with Crippen LogP contribution in [-0.4, -0.2) is 9.78 Å². The van der Waals surface area contributed by atoms with Crippen LogP contribution in [0.5, 0.6) is 0 Å². The van der Waals surface area contributed by atoms with Crippen LogP contribution in [0.15, 0.2) is 76.3 Å². The van der Waals surface area contributed by atoms with Crippen molar-refractivity contribution in [3.05, 3.63) is 93.0 Å². The molecule has 1 aliphatic carbocycles. The summed E-state index contributed by atoms with van der Waals surface area (Å²) in [5.74, 6) is 0.0886. The molecule has 4 heteroatoms. The molecule has 0 radical (unpaired) electrons. The van der Waals surface area contributed by atoms with E-state index in [4.69, 9.17) is 0 Å². The fourth-order valence-electron chi connectivity index (χ4n) is 3.37. The Morgan fingerprint density at radius 2 is 1.61 bits per heavy atom. The average Bonchev–Trinajstić information content (AvgIpc) is 3.08. The number of hydrogen-bond donors (Lipinski definition) is 1. The second-order valence-corrected chi connectivity index (χ2v) is 5.83. The zero-order valence-corrected chi connectivity index (χ0v) is 12.5. The first-order valence-corrected chi connectivity index (χ1v) is 7.71. The minimum absolute atomic E-state index is 0.0886. The number of H-pyrrole nitrogens is 1. The Kier molecular flexibility index (Phi) is 3.23. The lowest BCUT2D eigenvalue weighted by atomic mass is 9.94. The zero-order chi connectivity index (χ0) is 15.8. The van der Waals surface area contributed by atoms with E-state index >= 15 is 0 Å². The van der Waals surface area contributed by atoms with Gasteiger partial charge in [-0.25, -0.2) is 4.68 Å². The monoisotopic (exact) mass is 304 g/mol. The Labute approximate surface area is 132 Å². The third-order valence-electron chi connectivity index (χ3n) is 4.49. The molecule has 0 bridgehead atoms. The van der Waals surface area contributed by atoms with E-state index in [2.05, 4.69) is 29.4 Å². The molecule has 2 aromatic carbocycles. The third-order valence-corrected chi connectivity index (χ3v) is 4.49. The van der Waals surface area contributed by atoms with Gasteiger partial charge in [0.25, 0.3) is 11.1 Å². The number of aromatic amines is 1. The molecule has 1 aromatic heterocycles. The van der Waals surface area contributed by atoms with Gasteiger partial charge in [0.1, 0.15) is 0 Å². The molecule has 0 spiro atoms. The van der Waals surface area contributed by atoms with Crippen LogP contribution >= 0.6 is 0 Å². The number of rotatable bonds is 2. The molecule has 0 fully saturated rings. The maximum absolute atomic E-state index is 12.8. The number of benzene rings is 2. The van der Waals surface area contributed by atoms with E-state index in [0.29, 0.717) is 10.8 Å². The van der Waals surface area contributed by atoms with Gasteiger partial charge in [0.2, 0.25) is 0 Å². The van der Waals surface area contributed by atoms with Crippen molar-refractivity contribution in [3.63, 3.8) is 0 Å². The van der Waals surface area contributed by atoms with Gasteiger partial charge >= 0.3 is 0 Å². The summed E-state index contributed by atoms with van der Waals surface area (Å²) in [6, 6.07) is 16.9. The minimum Gasteiger partial charge on any atom is -0.267 e. The van der Waals surface area contributed by atoms with Crippen LogP contribution in [0.25, 0.3) is 10.8 Å². The molecule has 0 aliphatic heterocycles. The quantitative estimate of drug-likeness (QED) is 0.740. The molecule has 23 heavy (non-hydrogen) atoms. The lowest BCUT2D eigenvalue weighted by molar-refractivity contribution is 0.419. The van der Waals surface area contributed by atoms with Gasteiger partial charge in [-0.2, -0.15) is 0 Å². The highest BCUT2D eigenvalue weighted by atomic mass is 16.2. The molecule has 1 aliphatic rings. The number of nitrogens with one attached hydrogen (secondary N) is 1. The largest absolute Gasteiger partial charge is 0.273 e. The summed E-state index contributed by atoms with van der Waals surface area (Å²) in [6.07, 6.45) is 4.91. The standard InChI is InChI=1S/C19H16N2O2/c22-18-15-9-4-5-10-16(15)19(23)21(20-18)17-12-6-11-14(17)13-7-2-1-3-8-13/h1-11,14,17H,12H2,(H,20,22)/t14-,17+/m1/s1. The molecule has 114 valence electrons. The SMILES string of the molecule is O=c1[nH]n([C@H]2CC=C[C@@H]2c2ccccc2)c(=O)c2ccccc12. The second-order valence-electron chi connectivity index (χ2n) is 5.83. The van der Waals surface area contributed by atoms with E-state index < -0.39 is 0 Å². The van der Waals surface area contributed by atoms with Gasteiger partial charge in [-0.3, -0.25) is 14.7 Å². The minimum atomic E-state index is -0.223. The number of hydrogen-bond acceptors (Lipinski definition) is 2. The molecule has 1 N–H and O–H groups in total. The van der Waals surface area contributed by atoms with Gasteiger partial charge in [0.15, 0.2) is 0 Å². The van der Waals surface area contributed by atoms with E-state index in [9.17, 15) is 9.59 Å². The molecule has 3 aromatic rings. The lowest BCUT2D eigenvalue weighted by Gasteiger charge is -2.22. The summed E-state index contributed by atoms with van der Waals surface area (Å²) in [5.41, 5.74) is 0.779. The third kappa shape index (κ3) is 2.23. The molecule has 0 saturated heterocycles. The number of nitrogens with zero attached hydrogens (tertiary/aromatic N) is 1. The summed E-state index contributed by atoms with van der Waals surface area (Å²) >= 11 is 0. The molecule has 0 saturated carbocycles. The van der Waals surface area contributed by atoms with Crippen molar-refractivity contribution in [3.8, 4) is 0 Å². The average molecular weight is 304 g/mol. The summed E-state index contributed by atoms with van der Waals surface area (Å²) < 4.78 is 1.50. The molecular formula is C19H16N2O2. The van der Waals surface area contributed by atoms with E-state index in [-0.39, 0.29) is 23.1 Å². The second kappa shape index (κ2) is 5.39. The molecule has 0 unspecified atom stereocenters. The fourth-order valence-corrected chi connectivity index (χ4v) is 3.37. The van der Waals surface area contributed by atoms with Crippen LogP contribution in [0.1, 0.15) is 23.9 Å². The highest BCUT2D eigenvalue weighted by Gasteiger charge is 2.27. The summed E-state index contributed by atoms with van der Waals surface area (Å²) in [5, 5.41) is 3.68. The topological polar surface area (TPSA) is 54.9 Å². The normalized spacial score (nSPS) is 20.2. The van der Waals surface area contributed by atoms with Crippen molar-refractivity contribution >= 4 is 10.8 Å². The maximum Gasteiger partial charge on any atom is 0.273 e. The highest BCUT2D eigenvalue weighted by molar-refractivity contribution is 5.80. The highest BCUT2D eigenvalue weighted by Crippen LogP contribution is 2.36. The Bertz CT molecular complexity index is 999. The van der Waals surface area contributed by atoms with E-state index in [0.717, 1.165) is 12.0 Å². The summed E-state index contributed by atoms with van der Waals surface area (Å²) in [4.78, 5) is 25.1. The predicted molar refractivity (Wildman–Crippen MR) is 90.8 cm³/mol. The van der Waals surface area contributed by atoms with Crippen molar-refractivity contribution in [1.29, 1.82) is 0 Å². The zero-order valence-electron chi connectivity index (χ0n) is 12.5. The van der Waals surface area contributed by atoms with Gasteiger partial charge in [0, 0.05) is 5.92 Å². The lowest BCUT2D eigenvalue weighted by Crippen LogP contribution is -2.34. The van der Waals surface area contributed by atoms with Crippen molar-refractivity contribution < 1.29 is 0 Å². The van der Waals surface area contributed by atoms with Crippen molar-refractivity contribution in [2.24, 2.45) is 0 Å². The van der Waals surface area contributed by atoms with Crippen LogP contribution < -0.4 is 11.1 Å². The van der Waals surface area contributed by atoms with Crippen LogP contribution in [0.3, 0.4) is 0 Å². The Balaban J connectivity index is 1.88. The Morgan fingerprint density at radius 1 is 0.913 bits per heavy atom. The van der Waals surface area contributed by atoms with Crippen molar-refractivity contribution in [1.82, 2.24) is 9.78 Å². The van der Waals surface area contributed by atoms with Crippen molar-refractivity contribution in [2.45, 2.75) is 18.4 Å². The first-order valence-electron chi connectivity index (χ1n) is 7.71. The first kappa shape index (κ1) is 13.8. The van der Waals surface area contributed by atoms with E-state index in [1.807, 2.05) is 18.2 Å². The van der Waals surface area contributed by atoms with Crippen LogP contribution in [0, 0.1) is 0 Å². The van der Waals surface area contributed by atoms with Gasteiger partial charge in [-0.1, -0.05) is 54.6 Å². The molecule has 2 atom stereocenters. The number of fused-ring (bicyclic) bond motifs is 1. The predicted octanol–water partition coefficient (Wildman–Crippen LogP) is 2.97. The molecule has 0 amide bonds. The molecule has 1 heterocycles. The van der Waals surface area contributed by atoms with Gasteiger partial charge < -0.3 is 0 Å². The maximum atomic E-state index is 12.8. The number of allylic oxidation sites excluding steroid dienone is 2. The molecular weight excluding hydrogens is 288 g/mol. The smallest absolute Gasteiger partial charge is 0.267 e. The first-order chi connectivity index (χ1) is 11.3. The van der Waals surface area contributed by atoms with Crippen molar-refractivity contribution in [2.75, 3.05) is 0 Å². The Morgan fingerprint density at radius 3 is 2.39 bits per heavy atom. The fraction of sp³-hybridized carbons (Fsp3) is 0.158. The van der Waals surface area contributed by atoms with Gasteiger partial charge in [-0.05, 0) is 24.1 Å². The van der Waals surface area contributed by atoms with Crippen LogP contribution in [0.2, 0.25) is 0 Å². The summed E-state index contributed by atoms with van der Waals surface area (Å²) in [6.45, 7) is 0. The van der Waals surface area contributed by atoms with E-state index in [1.54, 1.807) is 24.3 Å². The van der Waals surface area contributed by atoms with E-state index in [1.165, 1.54) is 4.68 Å². The van der Waals surface area contributed by atoms with Crippen LogP contribution in [-0.2, 0) is 0 Å². The van der Waals surface area contributed by atoms with Gasteiger partial charge in [0.05, 0.1) is 16.8 Å². The van der Waals surface area contributed by atoms with Gasteiger partial charge in [-0.15, -0.1) is 0 Å². The Hall–Kier alpha value is -2.88.